The van der Waals surface area contributed by atoms with Crippen LogP contribution in [0.25, 0.3) is 0 Å². The molecule has 0 spiro atoms. The molecule has 1 N–H and O–H groups in total. The van der Waals surface area contributed by atoms with Crippen molar-refractivity contribution in [1.82, 2.24) is 4.72 Å². The van der Waals surface area contributed by atoms with Crippen LogP contribution < -0.4 is 14.4 Å². The fourth-order valence-corrected chi connectivity index (χ4v) is 6.77. The summed E-state index contributed by atoms with van der Waals surface area (Å²) in [5.74, 6) is 1.33. The first-order chi connectivity index (χ1) is 18.8. The monoisotopic (exact) mass is 574 g/mol. The van der Waals surface area contributed by atoms with Crippen LogP contribution in [0.1, 0.15) is 43.2 Å². The van der Waals surface area contributed by atoms with Gasteiger partial charge in [-0.1, -0.05) is 29.8 Å². The van der Waals surface area contributed by atoms with Crippen molar-refractivity contribution < 1.29 is 27.4 Å². The maximum Gasteiger partial charge on any atom is 0.421 e. The third-order valence-electron chi connectivity index (χ3n) is 7.94. The summed E-state index contributed by atoms with van der Waals surface area (Å²) in [6, 6.07) is 10.6. The van der Waals surface area contributed by atoms with Crippen LogP contribution in [0, 0.1) is 11.8 Å². The molecule has 3 aliphatic rings. The van der Waals surface area contributed by atoms with Gasteiger partial charge in [0.15, 0.2) is 0 Å². The van der Waals surface area contributed by atoms with Crippen molar-refractivity contribution in [2.45, 2.75) is 56.1 Å². The molecule has 210 valence electrons. The molecule has 2 aromatic carbocycles. The molecule has 2 bridgehead atoms. The Bertz CT molecular complexity index is 1330. The Hall–Kier alpha value is -2.75. The smallest absolute Gasteiger partial charge is 0.421 e. The van der Waals surface area contributed by atoms with Crippen molar-refractivity contribution in [2.24, 2.45) is 11.8 Å². The van der Waals surface area contributed by atoms with Crippen LogP contribution >= 0.6 is 11.6 Å². The number of benzene rings is 2. The standard InChI is InChI=1S/C29H35ClN2O6S/c1-36-27-7-3-5-15-37-29(33)31-39(34,35)24-11-13-28-26(17-24)32(18-21-9-12-25(21)27)14-4-2-6-20-16-23(30)10-8-22(20)19-38-28/h3,7-8,10-11,13,16-17,21,25,27H,2,4-6,9,12,14-15,18-19H2,1H3,(H,31,33)/b7-3+/t21-,25+,27+/m0/s1. The number of sulfonamides is 1. The van der Waals surface area contributed by atoms with Gasteiger partial charge < -0.3 is 19.1 Å². The minimum absolute atomic E-state index is 0.0132. The predicted molar refractivity (Wildman–Crippen MR) is 150 cm³/mol. The number of nitrogens with one attached hydrogen (secondary N) is 1. The number of carbonyl (C=O) groups is 1. The van der Waals surface area contributed by atoms with E-state index in [1.54, 1.807) is 19.2 Å². The van der Waals surface area contributed by atoms with E-state index in [4.69, 9.17) is 25.8 Å². The second-order valence-corrected chi connectivity index (χ2v) is 12.5. The van der Waals surface area contributed by atoms with Gasteiger partial charge in [0.25, 0.3) is 10.0 Å². The van der Waals surface area contributed by atoms with Crippen molar-refractivity contribution >= 4 is 33.4 Å². The van der Waals surface area contributed by atoms with E-state index < -0.39 is 16.1 Å². The minimum Gasteiger partial charge on any atom is -0.487 e. The van der Waals surface area contributed by atoms with Gasteiger partial charge in [-0.2, -0.15) is 0 Å². The maximum atomic E-state index is 13.1. The first-order valence-corrected chi connectivity index (χ1v) is 15.4. The number of nitrogens with zero attached hydrogens (tertiary/aromatic N) is 1. The molecule has 0 saturated heterocycles. The highest BCUT2D eigenvalue weighted by atomic mass is 35.5. The number of methoxy groups -OCH3 is 1. The minimum atomic E-state index is -4.14. The number of hydrogen-bond donors (Lipinski definition) is 1. The van der Waals surface area contributed by atoms with Gasteiger partial charge in [-0.3, -0.25) is 0 Å². The average molecular weight is 575 g/mol. The normalized spacial score (nSPS) is 26.3. The van der Waals surface area contributed by atoms with Crippen LogP contribution in [0.3, 0.4) is 0 Å². The largest absolute Gasteiger partial charge is 0.487 e. The third-order valence-corrected chi connectivity index (χ3v) is 9.49. The summed E-state index contributed by atoms with van der Waals surface area (Å²) in [6.45, 7) is 1.90. The molecule has 8 nitrogen and oxygen atoms in total. The summed E-state index contributed by atoms with van der Waals surface area (Å²) in [5, 5.41) is 0.702. The number of amides is 1. The van der Waals surface area contributed by atoms with E-state index in [9.17, 15) is 13.2 Å². The molecule has 0 aromatic heterocycles. The Labute approximate surface area is 235 Å². The predicted octanol–water partition coefficient (Wildman–Crippen LogP) is 5.48. The lowest BCUT2D eigenvalue weighted by atomic mass is 9.70. The van der Waals surface area contributed by atoms with Gasteiger partial charge in [0, 0.05) is 25.2 Å². The molecule has 5 rings (SSSR count). The van der Waals surface area contributed by atoms with E-state index in [1.165, 1.54) is 11.6 Å². The molecule has 1 fully saturated rings. The van der Waals surface area contributed by atoms with E-state index in [-0.39, 0.29) is 17.6 Å². The Kier molecular flexibility index (Phi) is 8.69. The molecule has 2 aliphatic heterocycles. The van der Waals surface area contributed by atoms with Gasteiger partial charge in [0.05, 0.1) is 23.3 Å². The zero-order valence-electron chi connectivity index (χ0n) is 22.1. The molecule has 0 unspecified atom stereocenters. The summed E-state index contributed by atoms with van der Waals surface area (Å²) in [5.41, 5.74) is 2.92. The van der Waals surface area contributed by atoms with Gasteiger partial charge in [0.2, 0.25) is 0 Å². The topological polar surface area (TPSA) is 94.2 Å². The van der Waals surface area contributed by atoms with E-state index in [2.05, 4.69) is 4.90 Å². The first-order valence-electron chi connectivity index (χ1n) is 13.5. The molecular weight excluding hydrogens is 540 g/mol. The number of aryl methyl sites for hydroxylation is 1. The SMILES string of the molecule is CO[C@@H]1/C=C/CCOC(=O)NS(=O)(=O)c2ccc3c(c2)N(CCCCc2cc(Cl)ccc2CO3)C[C@@H]2CC[C@H]21. The Morgan fingerprint density at radius 1 is 1.08 bits per heavy atom. The maximum absolute atomic E-state index is 13.1. The second-order valence-electron chi connectivity index (χ2n) is 10.4. The first kappa shape index (κ1) is 27.8. The van der Waals surface area contributed by atoms with E-state index in [0.717, 1.165) is 50.8 Å². The van der Waals surface area contributed by atoms with E-state index in [0.29, 0.717) is 41.3 Å². The number of halogens is 1. The molecular formula is C29H35ClN2O6S. The van der Waals surface area contributed by atoms with Crippen molar-refractivity contribution in [1.29, 1.82) is 0 Å². The van der Waals surface area contributed by atoms with Crippen molar-refractivity contribution in [3.8, 4) is 5.75 Å². The Morgan fingerprint density at radius 2 is 1.95 bits per heavy atom. The highest BCUT2D eigenvalue weighted by Gasteiger charge is 2.37. The fourth-order valence-electron chi connectivity index (χ4n) is 5.67. The summed E-state index contributed by atoms with van der Waals surface area (Å²) >= 11 is 6.28. The molecule has 3 atom stereocenters. The summed E-state index contributed by atoms with van der Waals surface area (Å²) < 4.78 is 45.5. The zero-order valence-corrected chi connectivity index (χ0v) is 23.7. The third kappa shape index (κ3) is 6.53. The lowest BCUT2D eigenvalue weighted by molar-refractivity contribution is 0.0134. The van der Waals surface area contributed by atoms with Crippen LogP contribution in [0.5, 0.6) is 5.75 Å². The highest BCUT2D eigenvalue weighted by Crippen LogP contribution is 2.41. The summed E-state index contributed by atoms with van der Waals surface area (Å²) in [4.78, 5) is 14.5. The molecule has 1 aliphatic carbocycles. The van der Waals surface area contributed by atoms with Gasteiger partial charge in [-0.15, -0.1) is 0 Å². The van der Waals surface area contributed by atoms with E-state index in [1.807, 2.05) is 35.1 Å². The molecule has 0 radical (unpaired) electrons. The lowest BCUT2D eigenvalue weighted by Crippen LogP contribution is -2.44. The van der Waals surface area contributed by atoms with Gasteiger partial charge >= 0.3 is 6.09 Å². The molecule has 1 amide bonds. The zero-order chi connectivity index (χ0) is 27.4. The van der Waals surface area contributed by atoms with Crippen LogP contribution in [0.15, 0.2) is 53.4 Å². The number of ether oxygens (including phenoxy) is 3. The highest BCUT2D eigenvalue weighted by molar-refractivity contribution is 7.90. The Balaban J connectivity index is 1.54. The van der Waals surface area contributed by atoms with Gasteiger partial charge in [0.1, 0.15) is 12.4 Å². The number of anilines is 1. The van der Waals surface area contributed by atoms with Gasteiger partial charge in [-0.25, -0.2) is 17.9 Å². The van der Waals surface area contributed by atoms with Crippen molar-refractivity contribution in [2.75, 3.05) is 31.7 Å². The molecule has 2 heterocycles. The molecule has 10 heteroatoms. The summed E-state index contributed by atoms with van der Waals surface area (Å²) in [7, 11) is -2.41. The summed E-state index contributed by atoms with van der Waals surface area (Å²) in [6.07, 6.45) is 8.31. The number of cyclic esters (lactones) is 1. The molecule has 2 aromatic rings. The lowest BCUT2D eigenvalue weighted by Gasteiger charge is -2.43. The fraction of sp³-hybridized carbons (Fsp3) is 0.483. The number of hydrogen-bond acceptors (Lipinski definition) is 7. The molecule has 39 heavy (non-hydrogen) atoms. The Morgan fingerprint density at radius 3 is 2.74 bits per heavy atom. The van der Waals surface area contributed by atoms with Gasteiger partial charge in [-0.05, 0) is 91.8 Å². The van der Waals surface area contributed by atoms with Crippen molar-refractivity contribution in [3.05, 3.63) is 64.7 Å². The average Bonchev–Trinajstić information content (AvgIpc) is 2.92. The van der Waals surface area contributed by atoms with Crippen LogP contribution in [-0.2, 0) is 32.5 Å². The van der Waals surface area contributed by atoms with E-state index >= 15 is 0 Å². The quantitative estimate of drug-likeness (QED) is 0.451. The number of carbonyl (C=O) groups excluding carboxylic acids is 1. The van der Waals surface area contributed by atoms with Crippen LogP contribution in [0.2, 0.25) is 5.02 Å². The second kappa shape index (κ2) is 12.2. The van der Waals surface area contributed by atoms with Crippen LogP contribution in [0.4, 0.5) is 10.5 Å². The number of fused-ring (bicyclic) bond motifs is 3. The van der Waals surface area contributed by atoms with Crippen LogP contribution in [-0.4, -0.2) is 47.4 Å². The van der Waals surface area contributed by atoms with Crippen molar-refractivity contribution in [3.63, 3.8) is 0 Å². The molecule has 1 saturated carbocycles. The number of rotatable bonds is 1.